The third-order valence-corrected chi connectivity index (χ3v) is 5.77. The Morgan fingerprint density at radius 3 is 2.52 bits per heavy atom. The second kappa shape index (κ2) is 7.76. The van der Waals surface area contributed by atoms with Gasteiger partial charge < -0.3 is 20.8 Å². The lowest BCUT2D eigenvalue weighted by atomic mass is 9.72. The Morgan fingerprint density at radius 1 is 1.22 bits per heavy atom. The summed E-state index contributed by atoms with van der Waals surface area (Å²) in [6.45, 7) is 5.55. The number of fused-ring (bicyclic) bond motifs is 1. The van der Waals surface area contributed by atoms with Crippen molar-refractivity contribution in [3.63, 3.8) is 0 Å². The first-order valence-corrected chi connectivity index (χ1v) is 9.82. The molecule has 4 aliphatic rings. The van der Waals surface area contributed by atoms with Crippen LogP contribution in [0.5, 0.6) is 0 Å². The van der Waals surface area contributed by atoms with Gasteiger partial charge in [-0.2, -0.15) is 0 Å². The van der Waals surface area contributed by atoms with Crippen molar-refractivity contribution in [2.24, 2.45) is 5.92 Å². The van der Waals surface area contributed by atoms with Gasteiger partial charge in [0.2, 0.25) is 0 Å². The fourth-order valence-electron chi connectivity index (χ4n) is 4.18. The molecule has 6 nitrogen and oxygen atoms in total. The van der Waals surface area contributed by atoms with Crippen LogP contribution in [0.4, 0.5) is 0 Å². The van der Waals surface area contributed by atoms with E-state index in [4.69, 9.17) is 10.2 Å². The number of rotatable bonds is 2. The molecule has 0 aromatic rings. The van der Waals surface area contributed by atoms with Crippen LogP contribution in [0.3, 0.4) is 0 Å². The van der Waals surface area contributed by atoms with Crippen molar-refractivity contribution in [1.29, 1.82) is 0 Å². The zero-order valence-electron chi connectivity index (χ0n) is 15.3. The maximum absolute atomic E-state index is 9.55. The van der Waals surface area contributed by atoms with Crippen molar-refractivity contribution in [1.82, 2.24) is 10.6 Å². The molecule has 0 amide bonds. The van der Waals surface area contributed by atoms with Gasteiger partial charge in [-0.15, -0.1) is 0 Å². The van der Waals surface area contributed by atoms with E-state index in [-0.39, 0.29) is 0 Å². The minimum absolute atomic E-state index is 0.471. The van der Waals surface area contributed by atoms with Gasteiger partial charge in [0.1, 0.15) is 0 Å². The largest absolute Gasteiger partial charge is 0.478 e. The van der Waals surface area contributed by atoms with Crippen LogP contribution in [0.15, 0.2) is 58.0 Å². The molecule has 2 heterocycles. The third kappa shape index (κ3) is 4.18. The third-order valence-electron chi connectivity index (χ3n) is 5.18. The highest BCUT2D eigenvalue weighted by Gasteiger charge is 2.38. The van der Waals surface area contributed by atoms with Gasteiger partial charge in [0, 0.05) is 52.5 Å². The van der Waals surface area contributed by atoms with Crippen molar-refractivity contribution >= 4 is 27.9 Å². The van der Waals surface area contributed by atoms with E-state index in [2.05, 4.69) is 52.6 Å². The second-order valence-electron chi connectivity index (χ2n) is 7.15. The zero-order valence-corrected chi connectivity index (χ0v) is 16.8. The van der Waals surface area contributed by atoms with Crippen molar-refractivity contribution in [3.05, 3.63) is 58.0 Å². The lowest BCUT2D eigenvalue weighted by molar-refractivity contribution is -0.134. The summed E-state index contributed by atoms with van der Waals surface area (Å²) in [6, 6.07) is 0.547. The van der Waals surface area contributed by atoms with Crippen molar-refractivity contribution in [2.45, 2.75) is 37.6 Å². The molecular weight excluding hydrogens is 412 g/mol. The van der Waals surface area contributed by atoms with Gasteiger partial charge in [0.25, 0.3) is 0 Å². The normalized spacial score (nSPS) is 28.2. The van der Waals surface area contributed by atoms with Crippen LogP contribution in [-0.4, -0.2) is 39.6 Å². The minimum atomic E-state index is -1.26. The first-order chi connectivity index (χ1) is 12.8. The molecule has 0 bridgehead atoms. The molecule has 144 valence electrons. The molecule has 0 saturated heterocycles. The molecule has 2 aliphatic heterocycles. The molecule has 0 aromatic heterocycles. The Kier molecular flexibility index (Phi) is 5.60. The maximum Gasteiger partial charge on any atom is 0.328 e. The molecule has 4 rings (SSSR count). The summed E-state index contributed by atoms with van der Waals surface area (Å²) in [4.78, 5) is 19.6. The fraction of sp³-hybridized carbons (Fsp3) is 0.400. The van der Waals surface area contributed by atoms with Crippen LogP contribution < -0.4 is 10.6 Å². The topological polar surface area (TPSA) is 98.7 Å². The summed E-state index contributed by atoms with van der Waals surface area (Å²) < 4.78 is 0. The Balaban J connectivity index is 0.000000226. The van der Waals surface area contributed by atoms with Crippen LogP contribution >= 0.6 is 15.9 Å². The molecular formula is C20H23BrN2O4. The standard InChI is InChI=1S/C16H19BrN2.C4H4O4/c1-8-3-13-12(9(2)19-8)4-10-7-18-15-6-11(17)5-14(13)16(10)15;5-3(6)1-2-4(7)8/h3,6,9,11-12,18-19H,4-5,7H2,1-2H3;1-2H,(H,5,6)(H,7,8)/b;2-1-. The Bertz CT molecular complexity index is 819. The molecule has 27 heavy (non-hydrogen) atoms. The molecule has 0 aromatic carbocycles. The number of nitrogens with one attached hydrogen (secondary N) is 2. The number of aliphatic carboxylic acids is 2. The summed E-state index contributed by atoms with van der Waals surface area (Å²) >= 11 is 3.79. The summed E-state index contributed by atoms with van der Waals surface area (Å²) in [7, 11) is 0. The van der Waals surface area contributed by atoms with Gasteiger partial charge in [-0.05, 0) is 55.6 Å². The van der Waals surface area contributed by atoms with Crippen LogP contribution in [0.2, 0.25) is 0 Å². The highest BCUT2D eigenvalue weighted by molar-refractivity contribution is 9.09. The van der Waals surface area contributed by atoms with Gasteiger partial charge in [-0.25, -0.2) is 9.59 Å². The van der Waals surface area contributed by atoms with Gasteiger partial charge in [0.15, 0.2) is 0 Å². The predicted octanol–water partition coefficient (Wildman–Crippen LogP) is 2.86. The average molecular weight is 435 g/mol. The zero-order chi connectivity index (χ0) is 19.7. The number of hydrogen-bond acceptors (Lipinski definition) is 4. The number of carbonyl (C=O) groups is 2. The SMILES string of the molecule is CC1=CC2=C3CC(Br)C=C4NCC(=C43)CC2C(C)N1.O=C(O)/C=C\C(=O)O. The van der Waals surface area contributed by atoms with Crippen molar-refractivity contribution < 1.29 is 19.8 Å². The van der Waals surface area contributed by atoms with Crippen LogP contribution in [-0.2, 0) is 9.59 Å². The molecule has 3 atom stereocenters. The smallest absolute Gasteiger partial charge is 0.328 e. The van der Waals surface area contributed by atoms with Crippen LogP contribution in [0.1, 0.15) is 26.7 Å². The van der Waals surface area contributed by atoms with Crippen LogP contribution in [0.25, 0.3) is 0 Å². The quantitative estimate of drug-likeness (QED) is 0.394. The molecule has 0 saturated carbocycles. The maximum atomic E-state index is 9.55. The van der Waals surface area contributed by atoms with Crippen molar-refractivity contribution in [3.8, 4) is 0 Å². The number of hydrogen-bond donors (Lipinski definition) is 4. The second-order valence-corrected chi connectivity index (χ2v) is 8.32. The predicted molar refractivity (Wildman–Crippen MR) is 106 cm³/mol. The first-order valence-electron chi connectivity index (χ1n) is 8.90. The van der Waals surface area contributed by atoms with E-state index < -0.39 is 11.9 Å². The Hall–Kier alpha value is -2.28. The number of allylic oxidation sites excluding steroid dienone is 4. The van der Waals surface area contributed by atoms with Gasteiger partial charge in [-0.1, -0.05) is 15.9 Å². The Morgan fingerprint density at radius 2 is 1.89 bits per heavy atom. The van der Waals surface area contributed by atoms with E-state index in [0.29, 0.717) is 28.9 Å². The van der Waals surface area contributed by atoms with Gasteiger partial charge in [0.05, 0.1) is 0 Å². The average Bonchev–Trinajstić information content (AvgIpc) is 2.98. The number of alkyl halides is 1. The summed E-state index contributed by atoms with van der Waals surface area (Å²) in [6.07, 6.45) is 8.18. The molecule has 7 heteroatoms. The molecule has 0 fully saturated rings. The van der Waals surface area contributed by atoms with Gasteiger partial charge in [-0.3, -0.25) is 0 Å². The lowest BCUT2D eigenvalue weighted by Gasteiger charge is -2.38. The molecule has 0 radical (unpaired) electrons. The first kappa shape index (κ1) is 19.5. The summed E-state index contributed by atoms with van der Waals surface area (Å²) in [5.74, 6) is -1.86. The summed E-state index contributed by atoms with van der Waals surface area (Å²) in [5.41, 5.74) is 9.01. The summed E-state index contributed by atoms with van der Waals surface area (Å²) in [5, 5.41) is 22.8. The highest BCUT2D eigenvalue weighted by atomic mass is 79.9. The van der Waals surface area contributed by atoms with Crippen molar-refractivity contribution in [2.75, 3.05) is 6.54 Å². The number of halogens is 1. The number of carboxylic acids is 2. The van der Waals surface area contributed by atoms with E-state index in [0.717, 1.165) is 13.0 Å². The minimum Gasteiger partial charge on any atom is -0.478 e. The van der Waals surface area contributed by atoms with E-state index in [1.54, 1.807) is 22.3 Å². The fourth-order valence-corrected chi connectivity index (χ4v) is 4.77. The number of carboxylic acid groups (broad SMARTS) is 2. The van der Waals surface area contributed by atoms with E-state index >= 15 is 0 Å². The van der Waals surface area contributed by atoms with Gasteiger partial charge >= 0.3 is 11.9 Å². The molecule has 2 aliphatic carbocycles. The van der Waals surface area contributed by atoms with Crippen LogP contribution in [0, 0.1) is 5.92 Å². The Labute approximate surface area is 166 Å². The lowest BCUT2D eigenvalue weighted by Crippen LogP contribution is -2.39. The molecule has 4 N–H and O–H groups in total. The van der Waals surface area contributed by atoms with E-state index in [1.165, 1.54) is 17.8 Å². The monoisotopic (exact) mass is 434 g/mol. The molecule has 3 unspecified atom stereocenters. The van der Waals surface area contributed by atoms with E-state index in [1.807, 2.05) is 0 Å². The highest BCUT2D eigenvalue weighted by Crippen LogP contribution is 2.47. The molecule has 0 spiro atoms. The van der Waals surface area contributed by atoms with E-state index in [9.17, 15) is 9.59 Å².